The third-order valence-corrected chi connectivity index (χ3v) is 5.25. The molecule has 2 atom stereocenters. The lowest BCUT2D eigenvalue weighted by Crippen LogP contribution is -2.44. The summed E-state index contributed by atoms with van der Waals surface area (Å²) in [6.45, 7) is 2.22. The largest absolute Gasteiger partial charge is 0.481 e. The zero-order chi connectivity index (χ0) is 18.6. The van der Waals surface area contributed by atoms with Crippen LogP contribution < -0.4 is 0 Å². The lowest BCUT2D eigenvalue weighted by molar-refractivity contribution is -0.883. The van der Waals surface area contributed by atoms with E-state index in [0.717, 1.165) is 19.3 Å². The molecule has 0 aromatic rings. The van der Waals surface area contributed by atoms with Gasteiger partial charge in [0.05, 0.1) is 21.1 Å². The number of carboxylic acids is 1. The van der Waals surface area contributed by atoms with Crippen LogP contribution in [0.5, 0.6) is 0 Å². The summed E-state index contributed by atoms with van der Waals surface area (Å²) in [6.07, 6.45) is 11.2. The number of halogens is 1. The van der Waals surface area contributed by atoms with Crippen molar-refractivity contribution in [1.29, 1.82) is 0 Å². The monoisotopic (exact) mass is 362 g/mol. The van der Waals surface area contributed by atoms with Crippen molar-refractivity contribution in [2.75, 3.05) is 21.1 Å². The quantitative estimate of drug-likeness (QED) is 0.149. The number of nitrogens with zero attached hydrogens (tertiary/aromatic N) is 1. The molecule has 0 fully saturated rings. The molecule has 0 rings (SSSR count). The highest BCUT2D eigenvalue weighted by molar-refractivity contribution is 6.20. The fraction of sp³-hybridized carbons (Fsp3) is 0.895. The van der Waals surface area contributed by atoms with E-state index in [1.54, 1.807) is 0 Å². The van der Waals surface area contributed by atoms with E-state index in [-0.39, 0.29) is 17.7 Å². The predicted octanol–water partition coefficient (Wildman–Crippen LogP) is 4.84. The summed E-state index contributed by atoms with van der Waals surface area (Å²) in [5.74, 6) is -2.20. The fourth-order valence-electron chi connectivity index (χ4n) is 2.66. The Morgan fingerprint density at radius 3 is 1.79 bits per heavy atom. The molecule has 0 aliphatic rings. The van der Waals surface area contributed by atoms with Crippen LogP contribution in [0.25, 0.3) is 0 Å². The molecule has 0 unspecified atom stereocenters. The number of carboxylic acid groups (broad SMARTS) is 1. The first-order valence-electron chi connectivity index (χ1n) is 9.40. The van der Waals surface area contributed by atoms with Crippen molar-refractivity contribution in [3.63, 3.8) is 0 Å². The summed E-state index contributed by atoms with van der Waals surface area (Å²) >= 11 is 6.25. The first-order chi connectivity index (χ1) is 11.2. The highest BCUT2D eigenvalue weighted by Gasteiger charge is 2.33. The Balaban J connectivity index is 3.99. The molecule has 142 valence electrons. The molecule has 0 amide bonds. The van der Waals surface area contributed by atoms with Crippen LogP contribution in [0.3, 0.4) is 0 Å². The highest BCUT2D eigenvalue weighted by Crippen LogP contribution is 2.21. The van der Waals surface area contributed by atoms with Gasteiger partial charge in [-0.05, 0) is 6.42 Å². The molecule has 0 saturated carbocycles. The summed E-state index contributed by atoms with van der Waals surface area (Å²) in [5.41, 5.74) is -0.377. The van der Waals surface area contributed by atoms with Gasteiger partial charge in [0.25, 0.3) is 0 Å². The predicted molar refractivity (Wildman–Crippen MR) is 100 cm³/mol. The molecular weight excluding hydrogens is 326 g/mol. The van der Waals surface area contributed by atoms with Crippen LogP contribution in [-0.4, -0.2) is 48.0 Å². The van der Waals surface area contributed by atoms with E-state index in [0.29, 0.717) is 10.9 Å². The Morgan fingerprint density at radius 2 is 1.38 bits per heavy atom. The first-order valence-corrected chi connectivity index (χ1v) is 9.84. The number of ketones is 1. The number of unbranched alkanes of at least 4 members (excludes halogenated alkanes) is 8. The second-order valence-corrected chi connectivity index (χ2v) is 8.23. The number of carbonyl (C=O) groups excluding carboxylic acids is 1. The minimum atomic E-state index is -1.05. The van der Waals surface area contributed by atoms with Crippen LogP contribution >= 0.6 is 11.6 Å². The smallest absolute Gasteiger partial charge is 0.314 e. The maximum absolute atomic E-state index is 12.2. The lowest BCUT2D eigenvalue weighted by atomic mass is 9.95. The number of rotatable bonds is 15. The van der Waals surface area contributed by atoms with Crippen molar-refractivity contribution < 1.29 is 19.2 Å². The molecule has 0 radical (unpaired) electrons. The van der Waals surface area contributed by atoms with E-state index in [1.807, 2.05) is 21.1 Å². The molecule has 0 heterocycles. The van der Waals surface area contributed by atoms with Crippen molar-refractivity contribution in [2.24, 2.45) is 5.92 Å². The average Bonchev–Trinajstić information content (AvgIpc) is 2.49. The molecule has 5 heteroatoms. The summed E-state index contributed by atoms with van der Waals surface area (Å²) in [4.78, 5) is 23.6. The minimum Gasteiger partial charge on any atom is -0.481 e. The standard InChI is InChI=1S/C19H36ClNO3/c1-5-6-7-8-9-10-11-12-13-14-17(22)16(19(23)24)15-18(20)21(2,3)4/h16,18H,5-15H2,1-4H3/p+1/t16-,18-/m0/s1. The molecule has 24 heavy (non-hydrogen) atoms. The first kappa shape index (κ1) is 23.4. The van der Waals surface area contributed by atoms with Crippen LogP contribution in [0, 0.1) is 5.92 Å². The molecule has 0 aromatic carbocycles. The Morgan fingerprint density at radius 1 is 0.917 bits per heavy atom. The molecule has 0 aliphatic heterocycles. The fourth-order valence-corrected chi connectivity index (χ4v) is 2.84. The van der Waals surface area contributed by atoms with Gasteiger partial charge in [-0.15, -0.1) is 0 Å². The number of alkyl halides is 1. The van der Waals surface area contributed by atoms with Gasteiger partial charge in [0.2, 0.25) is 0 Å². The van der Waals surface area contributed by atoms with Gasteiger partial charge >= 0.3 is 5.97 Å². The van der Waals surface area contributed by atoms with Crippen LogP contribution in [-0.2, 0) is 9.59 Å². The minimum absolute atomic E-state index is 0.176. The van der Waals surface area contributed by atoms with Crippen LogP contribution in [0.1, 0.15) is 77.6 Å². The van der Waals surface area contributed by atoms with E-state index in [9.17, 15) is 14.7 Å². The summed E-state index contributed by atoms with van der Waals surface area (Å²) in [5, 5.41) is 9.32. The van der Waals surface area contributed by atoms with Crippen LogP contribution in [0.2, 0.25) is 0 Å². The van der Waals surface area contributed by atoms with Gasteiger partial charge < -0.3 is 9.59 Å². The van der Waals surface area contributed by atoms with Gasteiger partial charge in [0.1, 0.15) is 11.7 Å². The van der Waals surface area contributed by atoms with Gasteiger partial charge in [-0.3, -0.25) is 9.59 Å². The second kappa shape index (κ2) is 12.7. The van der Waals surface area contributed by atoms with Crippen LogP contribution in [0.15, 0.2) is 0 Å². The number of aliphatic carboxylic acids is 1. The van der Waals surface area contributed by atoms with Gasteiger partial charge in [-0.25, -0.2) is 0 Å². The third kappa shape index (κ3) is 11.0. The van der Waals surface area contributed by atoms with Crippen molar-refractivity contribution in [3.8, 4) is 0 Å². The van der Waals surface area contributed by atoms with Crippen molar-refractivity contribution in [1.82, 2.24) is 0 Å². The second-order valence-electron chi connectivity index (χ2n) is 7.72. The molecule has 0 aliphatic carbocycles. The van der Waals surface area contributed by atoms with E-state index >= 15 is 0 Å². The molecular formula is C19H37ClNO3+. The molecule has 0 spiro atoms. The molecule has 0 aromatic heterocycles. The van der Waals surface area contributed by atoms with E-state index < -0.39 is 11.9 Å². The number of Topliss-reactive ketones (excluding diaryl/α,β-unsaturated/α-hetero) is 1. The Bertz CT molecular complexity index is 366. The summed E-state index contributed by atoms with van der Waals surface area (Å²) in [7, 11) is 5.71. The lowest BCUT2D eigenvalue weighted by Gasteiger charge is -2.30. The normalized spacial score (nSPS) is 14.4. The Kier molecular flexibility index (Phi) is 12.4. The van der Waals surface area contributed by atoms with E-state index in [1.165, 1.54) is 38.5 Å². The van der Waals surface area contributed by atoms with Gasteiger partial charge in [0.15, 0.2) is 5.50 Å². The maximum atomic E-state index is 12.2. The topological polar surface area (TPSA) is 54.4 Å². The Hall–Kier alpha value is -0.610. The molecule has 0 saturated heterocycles. The number of hydrogen-bond acceptors (Lipinski definition) is 2. The molecule has 0 bridgehead atoms. The third-order valence-electron chi connectivity index (χ3n) is 4.48. The SMILES string of the molecule is CCCCCCCCCCCC(=O)[C@H](C[C@@H](Cl)[N+](C)(C)C)C(=O)O. The van der Waals surface area contributed by atoms with Gasteiger partial charge in [0, 0.05) is 12.8 Å². The van der Waals surface area contributed by atoms with Crippen molar-refractivity contribution in [3.05, 3.63) is 0 Å². The summed E-state index contributed by atoms with van der Waals surface area (Å²) in [6, 6.07) is 0. The van der Waals surface area contributed by atoms with E-state index in [2.05, 4.69) is 6.92 Å². The van der Waals surface area contributed by atoms with Crippen LogP contribution in [0.4, 0.5) is 0 Å². The number of hydrogen-bond donors (Lipinski definition) is 1. The van der Waals surface area contributed by atoms with Gasteiger partial charge in [-0.2, -0.15) is 0 Å². The van der Waals surface area contributed by atoms with Crippen molar-refractivity contribution >= 4 is 23.4 Å². The zero-order valence-electron chi connectivity index (χ0n) is 16.0. The number of quaternary nitrogens is 1. The number of carbonyl (C=O) groups is 2. The average molecular weight is 363 g/mol. The highest BCUT2D eigenvalue weighted by atomic mass is 35.5. The van der Waals surface area contributed by atoms with Crippen molar-refractivity contribution in [2.45, 2.75) is 83.1 Å². The zero-order valence-corrected chi connectivity index (χ0v) is 16.8. The molecule has 1 N–H and O–H groups in total. The van der Waals surface area contributed by atoms with E-state index in [4.69, 9.17) is 11.6 Å². The molecule has 4 nitrogen and oxygen atoms in total. The maximum Gasteiger partial charge on any atom is 0.314 e. The Labute approximate surface area is 153 Å². The van der Waals surface area contributed by atoms with Gasteiger partial charge in [-0.1, -0.05) is 69.9 Å². The summed E-state index contributed by atoms with van der Waals surface area (Å²) < 4.78 is 0.441.